The highest BCUT2D eigenvalue weighted by Gasteiger charge is 2.47. The molecule has 11 atom stereocenters. The minimum Gasteiger partial charge on any atom is -0.462 e. The number of hydrogen-bond donors (Lipinski definition) is 7. The summed E-state index contributed by atoms with van der Waals surface area (Å²) in [5.41, 5.74) is 0. The largest absolute Gasteiger partial charge is 0.462 e. The van der Waals surface area contributed by atoms with Gasteiger partial charge in [0.15, 0.2) is 18.7 Å². The van der Waals surface area contributed by atoms with Gasteiger partial charge in [-0.05, 0) is 64.2 Å². The maximum atomic E-state index is 13.0. The van der Waals surface area contributed by atoms with E-state index in [1.165, 1.54) is 0 Å². The number of carbonyl (C=O) groups is 2. The van der Waals surface area contributed by atoms with Crippen molar-refractivity contribution in [2.24, 2.45) is 0 Å². The first-order valence-electron chi connectivity index (χ1n) is 24.1. The summed E-state index contributed by atoms with van der Waals surface area (Å²) in [4.78, 5) is 25.7. The molecule has 0 saturated carbocycles. The van der Waals surface area contributed by atoms with Crippen LogP contribution >= 0.6 is 0 Å². The third kappa shape index (κ3) is 25.6. The number of allylic oxidation sites excluding steroid dienone is 12. The number of hydrogen-bond acceptors (Lipinski definition) is 15. The van der Waals surface area contributed by atoms with E-state index in [-0.39, 0.29) is 19.4 Å². The van der Waals surface area contributed by atoms with Crippen molar-refractivity contribution in [2.45, 2.75) is 203 Å². The molecule has 2 aliphatic heterocycles. The van der Waals surface area contributed by atoms with E-state index in [1.54, 1.807) is 0 Å². The van der Waals surface area contributed by atoms with Gasteiger partial charge in [-0.1, -0.05) is 132 Å². The second-order valence-corrected chi connectivity index (χ2v) is 16.6. The van der Waals surface area contributed by atoms with Gasteiger partial charge in [-0.3, -0.25) is 9.59 Å². The Hall–Kier alpha value is -3.06. The molecule has 65 heavy (non-hydrogen) atoms. The third-order valence-electron chi connectivity index (χ3n) is 11.0. The first kappa shape index (κ1) is 58.1. The van der Waals surface area contributed by atoms with Gasteiger partial charge in [0.2, 0.25) is 0 Å². The molecule has 2 heterocycles. The van der Waals surface area contributed by atoms with Crippen LogP contribution in [0.4, 0.5) is 0 Å². The zero-order valence-electron chi connectivity index (χ0n) is 38.9. The zero-order chi connectivity index (χ0) is 47.5. The highest BCUT2D eigenvalue weighted by atomic mass is 16.7. The Morgan fingerprint density at radius 1 is 0.508 bits per heavy atom. The number of ether oxygens (including phenoxy) is 6. The highest BCUT2D eigenvalue weighted by molar-refractivity contribution is 5.70. The first-order valence-corrected chi connectivity index (χ1v) is 24.1. The quantitative estimate of drug-likeness (QED) is 0.0171. The lowest BCUT2D eigenvalue weighted by Crippen LogP contribution is -2.61. The first-order chi connectivity index (χ1) is 31.5. The predicted octanol–water partition coefficient (Wildman–Crippen LogP) is 5.87. The van der Waals surface area contributed by atoms with E-state index in [1.807, 2.05) is 24.3 Å². The smallest absolute Gasteiger partial charge is 0.306 e. The molecule has 0 radical (unpaired) electrons. The van der Waals surface area contributed by atoms with E-state index in [4.69, 9.17) is 28.4 Å². The van der Waals surface area contributed by atoms with Gasteiger partial charge in [0, 0.05) is 12.8 Å². The van der Waals surface area contributed by atoms with Crippen LogP contribution in [-0.2, 0) is 38.0 Å². The average Bonchev–Trinajstić information content (AvgIpc) is 3.30. The van der Waals surface area contributed by atoms with Crippen LogP contribution in [0.1, 0.15) is 136 Å². The molecule has 5 unspecified atom stereocenters. The van der Waals surface area contributed by atoms with Crippen LogP contribution < -0.4 is 0 Å². The van der Waals surface area contributed by atoms with Gasteiger partial charge in [0.25, 0.3) is 0 Å². The molecule has 0 aromatic rings. The van der Waals surface area contributed by atoms with Crippen molar-refractivity contribution in [3.8, 4) is 0 Å². The van der Waals surface area contributed by atoms with Crippen molar-refractivity contribution < 1.29 is 73.8 Å². The number of rotatable bonds is 35. The lowest BCUT2D eigenvalue weighted by atomic mass is 9.98. The third-order valence-corrected chi connectivity index (χ3v) is 11.0. The summed E-state index contributed by atoms with van der Waals surface area (Å²) < 4.78 is 33.5. The van der Waals surface area contributed by atoms with E-state index in [2.05, 4.69) is 62.5 Å². The molecule has 0 aromatic heterocycles. The van der Waals surface area contributed by atoms with E-state index in [0.717, 1.165) is 96.3 Å². The van der Waals surface area contributed by atoms with Crippen molar-refractivity contribution >= 4 is 11.9 Å². The SMILES string of the molecule is CC/C=C/C=C/C=C/CCCCCCCC(=O)OC(COC(=O)CCCCCCCC/C=C/C/C=C/C/C=C/CC)CO[C@@H]1O[C@H](CO[C@@H]2O[C@H](CO)[C@H](O)C(O)C2O)[C@H](O)C(O)C1O. The number of esters is 2. The molecular formula is C50H82O15. The Labute approximate surface area is 387 Å². The summed E-state index contributed by atoms with van der Waals surface area (Å²) in [6.07, 6.45) is 25.1. The van der Waals surface area contributed by atoms with Crippen LogP contribution in [0.3, 0.4) is 0 Å². The fourth-order valence-electron chi connectivity index (χ4n) is 7.05. The van der Waals surface area contributed by atoms with E-state index in [0.29, 0.717) is 12.8 Å². The van der Waals surface area contributed by atoms with E-state index >= 15 is 0 Å². The van der Waals surface area contributed by atoms with Crippen LogP contribution in [0, 0.1) is 0 Å². The molecule has 15 heteroatoms. The Morgan fingerprint density at radius 2 is 1.00 bits per heavy atom. The monoisotopic (exact) mass is 923 g/mol. The molecule has 0 aromatic carbocycles. The Kier molecular flexibility index (Phi) is 33.0. The Bertz CT molecular complexity index is 1410. The standard InChI is InChI=1S/C50H82O15/c1-3-5-7-9-11-13-15-17-18-19-21-22-24-26-28-30-32-41(52)60-35-38(63-42(53)33-31-29-27-25-23-20-16-14-12-10-8-6-4-2)36-61-49-48(59)46(57)44(55)40(65-49)37-62-50-47(58)45(56)43(54)39(34-51)64-50/h5-8,10-14,16-18,38-40,43-51,54-59H,3-4,9,15,19-37H2,1-2H3/b7-5+,8-6+,12-10+,13-11+,16-14+,18-17+/t38?,39-,40-,43+,44+,45?,46?,47?,48?,49-,50-/m1/s1. The molecule has 15 nitrogen and oxygen atoms in total. The predicted molar refractivity (Wildman–Crippen MR) is 247 cm³/mol. The molecule has 2 fully saturated rings. The fraction of sp³-hybridized carbons (Fsp3) is 0.720. The number of aliphatic hydroxyl groups is 7. The van der Waals surface area contributed by atoms with E-state index in [9.17, 15) is 45.3 Å². The molecule has 7 N–H and O–H groups in total. The highest BCUT2D eigenvalue weighted by Crippen LogP contribution is 2.26. The Balaban J connectivity index is 1.84. The molecule has 2 saturated heterocycles. The number of carbonyl (C=O) groups excluding carboxylic acids is 2. The minimum atomic E-state index is -1.77. The van der Waals surface area contributed by atoms with Crippen LogP contribution in [0.5, 0.6) is 0 Å². The molecule has 2 aliphatic rings. The maximum Gasteiger partial charge on any atom is 0.306 e. The minimum absolute atomic E-state index is 0.135. The van der Waals surface area contributed by atoms with Gasteiger partial charge in [-0.15, -0.1) is 0 Å². The molecule has 372 valence electrons. The number of aliphatic hydroxyl groups excluding tert-OH is 7. The molecule has 0 spiro atoms. The zero-order valence-corrected chi connectivity index (χ0v) is 38.9. The number of unbranched alkanes of at least 4 members (excludes halogenated alkanes) is 11. The molecular weight excluding hydrogens is 841 g/mol. The van der Waals surface area contributed by atoms with Gasteiger partial charge < -0.3 is 64.2 Å². The lowest BCUT2D eigenvalue weighted by molar-refractivity contribution is -0.332. The second-order valence-electron chi connectivity index (χ2n) is 16.6. The van der Waals surface area contributed by atoms with Gasteiger partial charge in [0.1, 0.15) is 55.4 Å². The van der Waals surface area contributed by atoms with Crippen LogP contribution in [-0.4, -0.2) is 142 Å². The lowest BCUT2D eigenvalue weighted by Gasteiger charge is -2.42. The second kappa shape index (κ2) is 37.0. The normalized spacial score (nSPS) is 27.0. The molecule has 0 bridgehead atoms. The van der Waals surface area contributed by atoms with Crippen molar-refractivity contribution in [3.63, 3.8) is 0 Å². The summed E-state index contributed by atoms with van der Waals surface area (Å²) in [5.74, 6) is -0.973. The van der Waals surface area contributed by atoms with Gasteiger partial charge in [-0.25, -0.2) is 0 Å². The van der Waals surface area contributed by atoms with Crippen LogP contribution in [0.2, 0.25) is 0 Å². The summed E-state index contributed by atoms with van der Waals surface area (Å²) in [7, 11) is 0. The molecule has 0 amide bonds. The van der Waals surface area contributed by atoms with Crippen molar-refractivity contribution in [3.05, 3.63) is 72.9 Å². The summed E-state index contributed by atoms with van der Waals surface area (Å²) in [6, 6.07) is 0. The average molecular weight is 923 g/mol. The van der Waals surface area contributed by atoms with Crippen LogP contribution in [0.15, 0.2) is 72.9 Å². The fourth-order valence-corrected chi connectivity index (χ4v) is 7.05. The van der Waals surface area contributed by atoms with Crippen molar-refractivity contribution in [1.29, 1.82) is 0 Å². The molecule has 2 rings (SSSR count). The van der Waals surface area contributed by atoms with Crippen LogP contribution in [0.25, 0.3) is 0 Å². The topological polar surface area (TPSA) is 231 Å². The van der Waals surface area contributed by atoms with Gasteiger partial charge in [0.05, 0.1) is 19.8 Å². The summed E-state index contributed by atoms with van der Waals surface area (Å²) in [5, 5.41) is 72.0. The van der Waals surface area contributed by atoms with Gasteiger partial charge in [-0.2, -0.15) is 0 Å². The Morgan fingerprint density at radius 3 is 1.62 bits per heavy atom. The van der Waals surface area contributed by atoms with Crippen molar-refractivity contribution in [1.82, 2.24) is 0 Å². The van der Waals surface area contributed by atoms with Crippen molar-refractivity contribution in [2.75, 3.05) is 26.4 Å². The van der Waals surface area contributed by atoms with E-state index < -0.39 is 99.3 Å². The molecule has 0 aliphatic carbocycles. The maximum absolute atomic E-state index is 13.0. The summed E-state index contributed by atoms with van der Waals surface area (Å²) in [6.45, 7) is 2.28. The summed E-state index contributed by atoms with van der Waals surface area (Å²) >= 11 is 0. The van der Waals surface area contributed by atoms with Gasteiger partial charge >= 0.3 is 11.9 Å².